The molecule has 1 amide bonds. The normalized spacial score (nSPS) is 10.8. The van der Waals surface area contributed by atoms with Gasteiger partial charge in [-0.1, -0.05) is 18.2 Å². The number of hydrogen-bond donors (Lipinski definition) is 2. The smallest absolute Gasteiger partial charge is 0.325 e. The van der Waals surface area contributed by atoms with E-state index >= 15 is 0 Å². The molecule has 2 N–H and O–H groups in total. The highest BCUT2D eigenvalue weighted by Crippen LogP contribution is 2.01. The number of aliphatic hydroxyl groups is 1. The lowest BCUT2D eigenvalue weighted by Gasteiger charge is -2.16. The fourth-order valence-corrected chi connectivity index (χ4v) is 1.15. The molecule has 0 aliphatic carbocycles. The summed E-state index contributed by atoms with van der Waals surface area (Å²) in [5.74, 6) is -0.919. The molecular weight excluding hydrogens is 234 g/mol. The van der Waals surface area contributed by atoms with Gasteiger partial charge in [-0.2, -0.15) is 0 Å². The number of hydrogen-bond acceptors (Lipinski definition) is 4. The molecule has 0 atom stereocenters. The zero-order valence-electron chi connectivity index (χ0n) is 10.5. The second-order valence-electron chi connectivity index (χ2n) is 4.52. The van der Waals surface area contributed by atoms with Crippen molar-refractivity contribution in [2.75, 3.05) is 13.2 Å². The average molecular weight is 251 g/mol. The van der Waals surface area contributed by atoms with Crippen molar-refractivity contribution in [2.24, 2.45) is 0 Å². The number of carbonyl (C=O) groups is 2. The van der Waals surface area contributed by atoms with Crippen LogP contribution in [0.2, 0.25) is 0 Å². The van der Waals surface area contributed by atoms with Crippen molar-refractivity contribution in [3.63, 3.8) is 0 Å². The van der Waals surface area contributed by atoms with Gasteiger partial charge in [-0.15, -0.1) is 0 Å². The molecule has 5 heteroatoms. The lowest BCUT2D eigenvalue weighted by molar-refractivity contribution is -0.148. The van der Waals surface area contributed by atoms with Crippen LogP contribution in [0.4, 0.5) is 0 Å². The van der Waals surface area contributed by atoms with Crippen LogP contribution in [0.15, 0.2) is 30.3 Å². The van der Waals surface area contributed by atoms with E-state index in [1.165, 1.54) is 13.8 Å². The van der Waals surface area contributed by atoms with Crippen LogP contribution in [0, 0.1) is 0 Å². The van der Waals surface area contributed by atoms with E-state index in [0.717, 1.165) is 0 Å². The average Bonchev–Trinajstić information content (AvgIpc) is 2.33. The molecule has 0 aromatic heterocycles. The van der Waals surface area contributed by atoms with Crippen molar-refractivity contribution in [3.8, 4) is 0 Å². The maximum absolute atomic E-state index is 11.6. The van der Waals surface area contributed by atoms with Gasteiger partial charge in [0.1, 0.15) is 13.2 Å². The molecule has 0 saturated carbocycles. The third-order valence-corrected chi connectivity index (χ3v) is 2.02. The Morgan fingerprint density at radius 3 is 2.44 bits per heavy atom. The van der Waals surface area contributed by atoms with Gasteiger partial charge < -0.3 is 15.2 Å². The van der Waals surface area contributed by atoms with Crippen molar-refractivity contribution in [2.45, 2.75) is 19.4 Å². The van der Waals surface area contributed by atoms with Gasteiger partial charge in [0.25, 0.3) is 5.91 Å². The van der Waals surface area contributed by atoms with Gasteiger partial charge in [0.15, 0.2) is 0 Å². The van der Waals surface area contributed by atoms with Gasteiger partial charge in [0.2, 0.25) is 0 Å². The van der Waals surface area contributed by atoms with Crippen molar-refractivity contribution >= 4 is 11.9 Å². The first-order chi connectivity index (χ1) is 8.38. The third-order valence-electron chi connectivity index (χ3n) is 2.02. The quantitative estimate of drug-likeness (QED) is 0.756. The molecule has 5 nitrogen and oxygen atoms in total. The predicted molar refractivity (Wildman–Crippen MR) is 66.0 cm³/mol. The van der Waals surface area contributed by atoms with Crippen molar-refractivity contribution in [3.05, 3.63) is 35.9 Å². The SMILES string of the molecule is CC(C)(O)COC(=O)CNC(=O)c1ccccc1. The van der Waals surface area contributed by atoms with Crippen LogP contribution in [0.25, 0.3) is 0 Å². The number of ether oxygens (including phenoxy) is 1. The molecule has 1 rings (SSSR count). The highest BCUT2D eigenvalue weighted by molar-refractivity contribution is 5.95. The molecule has 0 bridgehead atoms. The van der Waals surface area contributed by atoms with E-state index in [0.29, 0.717) is 5.56 Å². The van der Waals surface area contributed by atoms with Gasteiger partial charge in [-0.25, -0.2) is 0 Å². The number of benzene rings is 1. The van der Waals surface area contributed by atoms with Crippen LogP contribution in [0.3, 0.4) is 0 Å². The maximum Gasteiger partial charge on any atom is 0.325 e. The molecule has 0 saturated heterocycles. The molecule has 0 aliphatic heterocycles. The number of nitrogens with one attached hydrogen (secondary N) is 1. The molecule has 1 aromatic carbocycles. The Morgan fingerprint density at radius 2 is 1.89 bits per heavy atom. The fourth-order valence-electron chi connectivity index (χ4n) is 1.15. The van der Waals surface area contributed by atoms with E-state index in [1.807, 2.05) is 0 Å². The Bertz CT molecular complexity index is 409. The number of esters is 1. The second-order valence-corrected chi connectivity index (χ2v) is 4.52. The molecule has 0 heterocycles. The Balaban J connectivity index is 2.33. The summed E-state index contributed by atoms with van der Waals surface area (Å²) in [5, 5.41) is 11.8. The van der Waals surface area contributed by atoms with E-state index in [1.54, 1.807) is 30.3 Å². The third kappa shape index (κ3) is 5.45. The molecule has 1 aromatic rings. The highest BCUT2D eigenvalue weighted by atomic mass is 16.5. The Labute approximate surface area is 106 Å². The van der Waals surface area contributed by atoms with Crippen LogP contribution < -0.4 is 5.32 Å². The van der Waals surface area contributed by atoms with Crippen molar-refractivity contribution < 1.29 is 19.4 Å². The van der Waals surface area contributed by atoms with Gasteiger partial charge >= 0.3 is 5.97 Å². The number of amides is 1. The van der Waals surface area contributed by atoms with E-state index in [-0.39, 0.29) is 19.1 Å². The predicted octanol–water partition coefficient (Wildman–Crippen LogP) is 0.730. The monoisotopic (exact) mass is 251 g/mol. The van der Waals surface area contributed by atoms with Gasteiger partial charge in [-0.05, 0) is 26.0 Å². The number of rotatable bonds is 5. The minimum Gasteiger partial charge on any atom is -0.461 e. The summed E-state index contributed by atoms with van der Waals surface area (Å²) < 4.78 is 4.79. The Hall–Kier alpha value is -1.88. The summed E-state index contributed by atoms with van der Waals surface area (Å²) in [5.41, 5.74) is -0.591. The van der Waals surface area contributed by atoms with Crippen LogP contribution in [-0.4, -0.2) is 35.7 Å². The first kappa shape index (κ1) is 14.2. The fraction of sp³-hybridized carbons (Fsp3) is 0.385. The lowest BCUT2D eigenvalue weighted by atomic mass is 10.2. The lowest BCUT2D eigenvalue weighted by Crippen LogP contribution is -2.34. The zero-order chi connectivity index (χ0) is 13.6. The topological polar surface area (TPSA) is 75.6 Å². The first-order valence-corrected chi connectivity index (χ1v) is 5.60. The summed E-state index contributed by atoms with van der Waals surface area (Å²) in [7, 11) is 0. The Morgan fingerprint density at radius 1 is 1.28 bits per heavy atom. The second kappa shape index (κ2) is 6.16. The summed E-state index contributed by atoms with van der Waals surface area (Å²) in [4.78, 5) is 22.9. The molecule has 0 fully saturated rings. The standard InChI is InChI=1S/C13H17NO4/c1-13(2,17)9-18-11(15)8-14-12(16)10-6-4-3-5-7-10/h3-7,17H,8-9H2,1-2H3,(H,14,16). The summed E-state index contributed by atoms with van der Waals surface area (Å²) in [6, 6.07) is 8.58. The van der Waals surface area contributed by atoms with Crippen LogP contribution in [0.5, 0.6) is 0 Å². The summed E-state index contributed by atoms with van der Waals surface area (Å²) in [6.07, 6.45) is 0. The summed E-state index contributed by atoms with van der Waals surface area (Å²) in [6.45, 7) is 2.74. The van der Waals surface area contributed by atoms with E-state index < -0.39 is 11.6 Å². The minimum absolute atomic E-state index is 0.104. The highest BCUT2D eigenvalue weighted by Gasteiger charge is 2.16. The van der Waals surface area contributed by atoms with Crippen LogP contribution in [-0.2, 0) is 9.53 Å². The summed E-state index contributed by atoms with van der Waals surface area (Å²) >= 11 is 0. The molecule has 0 aliphatic rings. The Kier molecular flexibility index (Phi) is 4.85. The van der Waals surface area contributed by atoms with Crippen LogP contribution >= 0.6 is 0 Å². The molecule has 0 spiro atoms. The molecule has 0 unspecified atom stereocenters. The van der Waals surface area contributed by atoms with Gasteiger partial charge in [-0.3, -0.25) is 9.59 Å². The van der Waals surface area contributed by atoms with Gasteiger partial charge in [0.05, 0.1) is 5.60 Å². The van der Waals surface area contributed by atoms with Crippen LogP contribution in [0.1, 0.15) is 24.2 Å². The molecule has 0 radical (unpaired) electrons. The zero-order valence-corrected chi connectivity index (χ0v) is 10.5. The van der Waals surface area contributed by atoms with E-state index in [9.17, 15) is 14.7 Å². The molecular formula is C13H17NO4. The number of carbonyl (C=O) groups excluding carboxylic acids is 2. The van der Waals surface area contributed by atoms with E-state index in [4.69, 9.17) is 4.74 Å². The first-order valence-electron chi connectivity index (χ1n) is 5.60. The van der Waals surface area contributed by atoms with E-state index in [2.05, 4.69) is 5.32 Å². The maximum atomic E-state index is 11.6. The molecule has 98 valence electrons. The van der Waals surface area contributed by atoms with Crippen molar-refractivity contribution in [1.29, 1.82) is 0 Å². The largest absolute Gasteiger partial charge is 0.461 e. The van der Waals surface area contributed by atoms with Gasteiger partial charge in [0, 0.05) is 5.56 Å². The van der Waals surface area contributed by atoms with Crippen molar-refractivity contribution in [1.82, 2.24) is 5.32 Å². The minimum atomic E-state index is -1.07. The molecule has 18 heavy (non-hydrogen) atoms.